The van der Waals surface area contributed by atoms with Crippen LogP contribution in [0.3, 0.4) is 0 Å². The summed E-state index contributed by atoms with van der Waals surface area (Å²) in [4.78, 5) is 0. The molecule has 0 amide bonds. The third-order valence-corrected chi connectivity index (χ3v) is 2.98. The van der Waals surface area contributed by atoms with Crippen LogP contribution in [-0.2, 0) is 0 Å². The van der Waals surface area contributed by atoms with Crippen LogP contribution in [0.4, 0.5) is 5.69 Å². The number of aryl methyl sites for hydroxylation is 1. The molecule has 2 aromatic carbocycles. The van der Waals surface area contributed by atoms with Crippen LogP contribution in [0.5, 0.6) is 11.5 Å². The Morgan fingerprint density at radius 3 is 2.59 bits per heavy atom. The molecule has 0 fully saturated rings. The highest BCUT2D eigenvalue weighted by molar-refractivity contribution is 9.10. The molecule has 0 aliphatic rings. The van der Waals surface area contributed by atoms with Gasteiger partial charge in [0.1, 0.15) is 11.5 Å². The van der Waals surface area contributed by atoms with Crippen molar-refractivity contribution < 1.29 is 4.74 Å². The molecule has 0 bridgehead atoms. The molecular weight excluding hydrogens is 302 g/mol. The number of nitrogens with two attached hydrogens (primary N) is 1. The summed E-state index contributed by atoms with van der Waals surface area (Å²) in [5.41, 5.74) is 7.48. The zero-order valence-corrected chi connectivity index (χ0v) is 11.5. The largest absolute Gasteiger partial charge is 0.456 e. The number of hydrogen-bond donors (Lipinski definition) is 1. The molecule has 0 aliphatic carbocycles. The predicted molar refractivity (Wildman–Crippen MR) is 74.8 cm³/mol. The second kappa shape index (κ2) is 4.98. The summed E-state index contributed by atoms with van der Waals surface area (Å²) in [5, 5.41) is 0.555. The van der Waals surface area contributed by atoms with E-state index in [9.17, 15) is 0 Å². The Morgan fingerprint density at radius 1 is 1.18 bits per heavy atom. The molecule has 0 saturated carbocycles. The molecule has 0 spiro atoms. The fraction of sp³-hybridized carbons (Fsp3) is 0.0769. The minimum Gasteiger partial charge on any atom is -0.456 e. The zero-order chi connectivity index (χ0) is 12.4. The standard InChI is InChI=1S/C13H11BrClNO/c1-8-4-10(16)7-11(5-8)17-13-3-2-9(14)6-12(13)15/h2-7H,16H2,1H3. The number of ether oxygens (including phenoxy) is 1. The van der Waals surface area contributed by atoms with Crippen molar-refractivity contribution >= 4 is 33.2 Å². The molecule has 17 heavy (non-hydrogen) atoms. The minimum atomic E-state index is 0.555. The van der Waals surface area contributed by atoms with Gasteiger partial charge in [0.05, 0.1) is 5.02 Å². The molecule has 4 heteroatoms. The monoisotopic (exact) mass is 311 g/mol. The summed E-state index contributed by atoms with van der Waals surface area (Å²) < 4.78 is 6.61. The lowest BCUT2D eigenvalue weighted by molar-refractivity contribution is 0.483. The summed E-state index contributed by atoms with van der Waals surface area (Å²) in [6, 6.07) is 11.0. The van der Waals surface area contributed by atoms with Gasteiger partial charge in [-0.1, -0.05) is 27.5 Å². The Labute approximate surface area is 113 Å². The Hall–Kier alpha value is -1.19. The molecule has 2 aromatic rings. The van der Waals surface area contributed by atoms with E-state index < -0.39 is 0 Å². The first-order chi connectivity index (χ1) is 8.04. The lowest BCUT2D eigenvalue weighted by Crippen LogP contribution is -1.90. The lowest BCUT2D eigenvalue weighted by atomic mass is 10.2. The normalized spacial score (nSPS) is 10.3. The Bertz CT molecular complexity index is 537. The van der Waals surface area contributed by atoms with Gasteiger partial charge in [0.2, 0.25) is 0 Å². The van der Waals surface area contributed by atoms with Gasteiger partial charge in [0.25, 0.3) is 0 Å². The van der Waals surface area contributed by atoms with Gasteiger partial charge in [-0.3, -0.25) is 0 Å². The summed E-state index contributed by atoms with van der Waals surface area (Å²) in [6.07, 6.45) is 0. The number of hydrogen-bond acceptors (Lipinski definition) is 2. The van der Waals surface area contributed by atoms with E-state index in [0.717, 1.165) is 10.0 Å². The van der Waals surface area contributed by atoms with Crippen molar-refractivity contribution in [2.75, 3.05) is 5.73 Å². The van der Waals surface area contributed by atoms with Crippen molar-refractivity contribution in [3.05, 3.63) is 51.5 Å². The van der Waals surface area contributed by atoms with Crippen molar-refractivity contribution in [2.45, 2.75) is 6.92 Å². The van der Waals surface area contributed by atoms with Crippen LogP contribution < -0.4 is 10.5 Å². The average molecular weight is 313 g/mol. The van der Waals surface area contributed by atoms with Crippen molar-refractivity contribution in [3.63, 3.8) is 0 Å². The van der Waals surface area contributed by atoms with E-state index in [2.05, 4.69) is 15.9 Å². The minimum absolute atomic E-state index is 0.555. The van der Waals surface area contributed by atoms with Gasteiger partial charge < -0.3 is 10.5 Å². The molecule has 2 rings (SSSR count). The lowest BCUT2D eigenvalue weighted by Gasteiger charge is -2.09. The molecule has 0 heterocycles. The fourth-order valence-electron chi connectivity index (χ4n) is 1.52. The first kappa shape index (κ1) is 12.3. The molecule has 0 saturated heterocycles. The molecule has 0 radical (unpaired) electrons. The van der Waals surface area contributed by atoms with E-state index in [1.165, 1.54) is 0 Å². The molecule has 2 N–H and O–H groups in total. The molecule has 2 nitrogen and oxygen atoms in total. The number of anilines is 1. The van der Waals surface area contributed by atoms with Crippen molar-refractivity contribution in [3.8, 4) is 11.5 Å². The van der Waals surface area contributed by atoms with E-state index in [4.69, 9.17) is 22.1 Å². The van der Waals surface area contributed by atoms with Gasteiger partial charge >= 0.3 is 0 Å². The van der Waals surface area contributed by atoms with Crippen LogP contribution >= 0.6 is 27.5 Å². The average Bonchev–Trinajstić information content (AvgIpc) is 2.21. The smallest absolute Gasteiger partial charge is 0.146 e. The van der Waals surface area contributed by atoms with E-state index in [1.807, 2.05) is 31.2 Å². The Balaban J connectivity index is 2.31. The number of rotatable bonds is 2. The van der Waals surface area contributed by atoms with Crippen molar-refractivity contribution in [1.29, 1.82) is 0 Å². The van der Waals surface area contributed by atoms with Crippen LogP contribution in [0.1, 0.15) is 5.56 Å². The van der Waals surface area contributed by atoms with Crippen molar-refractivity contribution in [2.24, 2.45) is 0 Å². The maximum absolute atomic E-state index is 6.07. The van der Waals surface area contributed by atoms with Gasteiger partial charge in [0, 0.05) is 16.2 Å². The van der Waals surface area contributed by atoms with Crippen LogP contribution in [-0.4, -0.2) is 0 Å². The Morgan fingerprint density at radius 2 is 1.94 bits per heavy atom. The topological polar surface area (TPSA) is 35.2 Å². The number of nitrogen functional groups attached to an aromatic ring is 1. The van der Waals surface area contributed by atoms with E-state index in [0.29, 0.717) is 22.2 Å². The van der Waals surface area contributed by atoms with Gasteiger partial charge in [0.15, 0.2) is 0 Å². The van der Waals surface area contributed by atoms with Gasteiger partial charge in [-0.05, 0) is 42.8 Å². The highest BCUT2D eigenvalue weighted by atomic mass is 79.9. The Kier molecular flexibility index (Phi) is 3.60. The predicted octanol–water partition coefficient (Wildman–Crippen LogP) is 4.79. The SMILES string of the molecule is Cc1cc(N)cc(Oc2ccc(Br)cc2Cl)c1. The fourth-order valence-corrected chi connectivity index (χ4v) is 2.23. The zero-order valence-electron chi connectivity index (χ0n) is 9.21. The highest BCUT2D eigenvalue weighted by Gasteiger charge is 2.04. The van der Waals surface area contributed by atoms with E-state index >= 15 is 0 Å². The van der Waals surface area contributed by atoms with Gasteiger partial charge in [-0.2, -0.15) is 0 Å². The summed E-state index contributed by atoms with van der Waals surface area (Å²) in [7, 11) is 0. The second-order valence-electron chi connectivity index (χ2n) is 3.76. The third kappa shape index (κ3) is 3.14. The van der Waals surface area contributed by atoms with Crippen LogP contribution in [0.2, 0.25) is 5.02 Å². The third-order valence-electron chi connectivity index (χ3n) is 2.19. The molecule has 0 unspecified atom stereocenters. The molecule has 0 atom stereocenters. The van der Waals surface area contributed by atoms with Crippen LogP contribution in [0.15, 0.2) is 40.9 Å². The van der Waals surface area contributed by atoms with E-state index in [-0.39, 0.29) is 0 Å². The maximum Gasteiger partial charge on any atom is 0.146 e. The van der Waals surface area contributed by atoms with Crippen molar-refractivity contribution in [1.82, 2.24) is 0 Å². The number of benzene rings is 2. The molecule has 88 valence electrons. The van der Waals surface area contributed by atoms with Crippen LogP contribution in [0.25, 0.3) is 0 Å². The van der Waals surface area contributed by atoms with E-state index in [1.54, 1.807) is 12.1 Å². The highest BCUT2D eigenvalue weighted by Crippen LogP contribution is 2.32. The summed E-state index contributed by atoms with van der Waals surface area (Å²) in [6.45, 7) is 1.96. The molecular formula is C13H11BrClNO. The molecule has 0 aliphatic heterocycles. The van der Waals surface area contributed by atoms with Gasteiger partial charge in [-0.25, -0.2) is 0 Å². The van der Waals surface area contributed by atoms with Gasteiger partial charge in [-0.15, -0.1) is 0 Å². The summed E-state index contributed by atoms with van der Waals surface area (Å²) in [5.74, 6) is 1.30. The molecule has 0 aromatic heterocycles. The first-order valence-electron chi connectivity index (χ1n) is 5.04. The van der Waals surface area contributed by atoms with Crippen LogP contribution in [0, 0.1) is 6.92 Å². The summed E-state index contributed by atoms with van der Waals surface area (Å²) >= 11 is 9.42. The quantitative estimate of drug-likeness (QED) is 0.810. The number of halogens is 2. The first-order valence-corrected chi connectivity index (χ1v) is 6.22. The second-order valence-corrected chi connectivity index (χ2v) is 5.08. The maximum atomic E-state index is 6.07.